The summed E-state index contributed by atoms with van der Waals surface area (Å²) in [7, 11) is 0. The monoisotopic (exact) mass is 253 g/mol. The molecule has 72 valence electrons. The number of rotatable bonds is 0. The summed E-state index contributed by atoms with van der Waals surface area (Å²) in [6.07, 6.45) is 0. The predicted molar refractivity (Wildman–Crippen MR) is 56.5 cm³/mol. The molecule has 14 heavy (non-hydrogen) atoms. The van der Waals surface area contributed by atoms with Crippen LogP contribution in [0.15, 0.2) is 22.7 Å². The van der Waals surface area contributed by atoms with Gasteiger partial charge in [0.2, 0.25) is 5.91 Å². The lowest BCUT2D eigenvalue weighted by molar-refractivity contribution is -0.116. The van der Waals surface area contributed by atoms with Gasteiger partial charge in [-0.05, 0) is 28.1 Å². The maximum atomic E-state index is 11.5. The second kappa shape index (κ2) is 3.20. The summed E-state index contributed by atoms with van der Waals surface area (Å²) in [5.41, 5.74) is 1.32. The van der Waals surface area contributed by atoms with Crippen LogP contribution >= 0.6 is 15.9 Å². The normalized spacial score (nSPS) is 14.4. The fraction of sp³-hybridized carbons (Fsp3) is 0.200. The number of benzene rings is 1. The first-order valence-electron chi connectivity index (χ1n) is 4.21. The van der Waals surface area contributed by atoms with Crippen LogP contribution in [-0.2, 0) is 4.79 Å². The van der Waals surface area contributed by atoms with Gasteiger partial charge in [0.1, 0.15) is 0 Å². The Morgan fingerprint density at radius 2 is 2.21 bits per heavy atom. The number of ketones is 1. The molecule has 0 unspecified atom stereocenters. The Bertz CT molecular complexity index is 428. The van der Waals surface area contributed by atoms with E-state index >= 15 is 0 Å². The van der Waals surface area contributed by atoms with Crippen molar-refractivity contribution >= 4 is 33.3 Å². The molecular formula is C10H8BrNO2. The zero-order valence-corrected chi connectivity index (χ0v) is 9.17. The van der Waals surface area contributed by atoms with Gasteiger partial charge in [-0.25, -0.2) is 0 Å². The summed E-state index contributed by atoms with van der Waals surface area (Å²) < 4.78 is 0.788. The third kappa shape index (κ3) is 1.26. The molecule has 0 aliphatic carbocycles. The molecule has 0 saturated heterocycles. The van der Waals surface area contributed by atoms with Gasteiger partial charge in [0.25, 0.3) is 0 Å². The molecule has 1 aliphatic rings. The molecule has 0 fully saturated rings. The van der Waals surface area contributed by atoms with Crippen molar-refractivity contribution in [3.05, 3.63) is 28.2 Å². The molecule has 1 aromatic rings. The van der Waals surface area contributed by atoms with E-state index in [1.165, 1.54) is 11.8 Å². The van der Waals surface area contributed by atoms with Gasteiger partial charge in [-0.15, -0.1) is 0 Å². The topological polar surface area (TPSA) is 37.4 Å². The average molecular weight is 254 g/mol. The third-order valence-corrected chi connectivity index (χ3v) is 2.88. The van der Waals surface area contributed by atoms with Crippen molar-refractivity contribution in [1.82, 2.24) is 0 Å². The molecule has 3 nitrogen and oxygen atoms in total. The zero-order valence-electron chi connectivity index (χ0n) is 7.58. The minimum Gasteiger partial charge on any atom is -0.303 e. The first kappa shape index (κ1) is 9.40. The molecular weight excluding hydrogens is 246 g/mol. The van der Waals surface area contributed by atoms with E-state index in [2.05, 4.69) is 15.9 Å². The van der Waals surface area contributed by atoms with Crippen LogP contribution in [0.25, 0.3) is 0 Å². The number of anilines is 1. The van der Waals surface area contributed by atoms with Crippen LogP contribution < -0.4 is 4.90 Å². The van der Waals surface area contributed by atoms with Gasteiger partial charge in [0.05, 0.1) is 12.2 Å². The van der Waals surface area contributed by atoms with Gasteiger partial charge in [-0.2, -0.15) is 0 Å². The number of carbonyl (C=O) groups is 2. The third-order valence-electron chi connectivity index (χ3n) is 2.24. The Hall–Kier alpha value is -1.16. The highest BCUT2D eigenvalue weighted by molar-refractivity contribution is 9.10. The van der Waals surface area contributed by atoms with Crippen molar-refractivity contribution in [1.29, 1.82) is 0 Å². The Balaban J connectivity index is 2.62. The molecule has 1 aliphatic heterocycles. The van der Waals surface area contributed by atoms with Crippen LogP contribution in [0.4, 0.5) is 5.69 Å². The van der Waals surface area contributed by atoms with E-state index in [0.717, 1.165) is 4.47 Å². The highest BCUT2D eigenvalue weighted by atomic mass is 79.9. The molecule has 0 radical (unpaired) electrons. The van der Waals surface area contributed by atoms with Gasteiger partial charge in [0, 0.05) is 17.0 Å². The zero-order chi connectivity index (χ0) is 10.3. The second-order valence-electron chi connectivity index (χ2n) is 3.16. The maximum Gasteiger partial charge on any atom is 0.224 e. The molecule has 0 N–H and O–H groups in total. The van der Waals surface area contributed by atoms with E-state index in [0.29, 0.717) is 11.3 Å². The molecule has 0 spiro atoms. The summed E-state index contributed by atoms with van der Waals surface area (Å²) >= 11 is 3.34. The van der Waals surface area contributed by atoms with E-state index in [1.54, 1.807) is 12.1 Å². The van der Waals surface area contributed by atoms with Crippen molar-refractivity contribution in [2.45, 2.75) is 6.92 Å². The lowest BCUT2D eigenvalue weighted by atomic mass is 10.1. The molecule has 0 saturated carbocycles. The minimum atomic E-state index is -0.107. The summed E-state index contributed by atoms with van der Waals surface area (Å²) in [4.78, 5) is 24.3. The Labute approximate surface area is 89.8 Å². The quantitative estimate of drug-likeness (QED) is 0.710. The molecule has 0 atom stereocenters. The molecule has 1 aromatic carbocycles. The van der Waals surface area contributed by atoms with E-state index in [1.807, 2.05) is 6.07 Å². The van der Waals surface area contributed by atoms with Crippen molar-refractivity contribution in [3.8, 4) is 0 Å². The summed E-state index contributed by atoms with van der Waals surface area (Å²) in [5.74, 6) is -0.111. The van der Waals surface area contributed by atoms with Crippen LogP contribution in [0.3, 0.4) is 0 Å². The van der Waals surface area contributed by atoms with Crippen molar-refractivity contribution in [2.24, 2.45) is 0 Å². The van der Waals surface area contributed by atoms with Crippen LogP contribution in [0.1, 0.15) is 17.3 Å². The molecule has 4 heteroatoms. The summed E-state index contributed by atoms with van der Waals surface area (Å²) in [6.45, 7) is 1.62. The van der Waals surface area contributed by atoms with E-state index in [4.69, 9.17) is 0 Å². The summed E-state index contributed by atoms with van der Waals surface area (Å²) in [5, 5.41) is 0. The van der Waals surface area contributed by atoms with Crippen molar-refractivity contribution < 1.29 is 9.59 Å². The van der Waals surface area contributed by atoms with Gasteiger partial charge >= 0.3 is 0 Å². The smallest absolute Gasteiger partial charge is 0.224 e. The molecule has 0 aromatic heterocycles. The van der Waals surface area contributed by atoms with Crippen LogP contribution in [-0.4, -0.2) is 18.2 Å². The highest BCUT2D eigenvalue weighted by Gasteiger charge is 2.30. The van der Waals surface area contributed by atoms with Crippen LogP contribution in [0.2, 0.25) is 0 Å². The fourth-order valence-electron chi connectivity index (χ4n) is 1.59. The lowest BCUT2D eigenvalue weighted by Crippen LogP contribution is -2.27. The van der Waals surface area contributed by atoms with Gasteiger partial charge in [0.15, 0.2) is 5.78 Å². The van der Waals surface area contributed by atoms with Crippen molar-refractivity contribution in [3.63, 3.8) is 0 Å². The predicted octanol–water partition coefficient (Wildman–Crippen LogP) is 2.00. The fourth-order valence-corrected chi connectivity index (χ4v) is 2.17. The van der Waals surface area contributed by atoms with Gasteiger partial charge in [-0.3, -0.25) is 9.59 Å². The Kier molecular flexibility index (Phi) is 2.15. The Morgan fingerprint density at radius 1 is 1.50 bits per heavy atom. The second-order valence-corrected chi connectivity index (χ2v) is 4.02. The number of carbonyl (C=O) groups excluding carboxylic acids is 2. The van der Waals surface area contributed by atoms with E-state index in [-0.39, 0.29) is 18.2 Å². The molecule has 1 amide bonds. The van der Waals surface area contributed by atoms with Gasteiger partial charge < -0.3 is 4.90 Å². The lowest BCUT2D eigenvalue weighted by Gasteiger charge is -2.14. The average Bonchev–Trinajstić information content (AvgIpc) is 2.46. The number of hydrogen-bond donors (Lipinski definition) is 0. The number of nitrogens with zero attached hydrogens (tertiary/aromatic N) is 1. The number of hydrogen-bond acceptors (Lipinski definition) is 2. The number of Topliss-reactive ketones (excluding diaryl/α,β-unsaturated/α-hetero) is 1. The van der Waals surface area contributed by atoms with Crippen LogP contribution in [0.5, 0.6) is 0 Å². The Morgan fingerprint density at radius 3 is 2.86 bits per heavy atom. The van der Waals surface area contributed by atoms with Gasteiger partial charge in [-0.1, -0.05) is 6.07 Å². The van der Waals surface area contributed by atoms with E-state index in [9.17, 15) is 9.59 Å². The first-order valence-corrected chi connectivity index (χ1v) is 5.00. The number of amides is 1. The SMILES string of the molecule is CC(=O)N1CC(=O)c2cccc(Br)c21. The largest absolute Gasteiger partial charge is 0.303 e. The standard InChI is InChI=1S/C10H8BrNO2/c1-6(13)12-5-9(14)7-3-2-4-8(11)10(7)12/h2-4H,5H2,1H3. The molecule has 1 heterocycles. The highest BCUT2D eigenvalue weighted by Crippen LogP contribution is 2.35. The number of fused-ring (bicyclic) bond motifs is 1. The van der Waals surface area contributed by atoms with E-state index < -0.39 is 0 Å². The summed E-state index contributed by atoms with van der Waals surface area (Å²) in [6, 6.07) is 5.36. The van der Waals surface area contributed by atoms with Crippen molar-refractivity contribution in [2.75, 3.05) is 11.4 Å². The first-order chi connectivity index (χ1) is 6.61. The minimum absolute atomic E-state index is 0.00324. The number of halogens is 1. The van der Waals surface area contributed by atoms with Crippen LogP contribution in [0, 0.1) is 0 Å². The molecule has 2 rings (SSSR count). The maximum absolute atomic E-state index is 11.5. The molecule has 0 bridgehead atoms. The number of para-hydroxylation sites is 1.